The predicted molar refractivity (Wildman–Crippen MR) is 127 cm³/mol. The van der Waals surface area contributed by atoms with Crippen molar-refractivity contribution in [2.24, 2.45) is 0 Å². The third-order valence-corrected chi connectivity index (χ3v) is 5.69. The molecule has 5 rings (SSSR count). The van der Waals surface area contributed by atoms with Gasteiger partial charge in [0.25, 0.3) is 0 Å². The van der Waals surface area contributed by atoms with Crippen LogP contribution in [-0.2, 0) is 0 Å². The fraction of sp³-hybridized carbons (Fsp3) is 0.0714. The molecule has 0 saturated heterocycles. The van der Waals surface area contributed by atoms with E-state index in [1.165, 1.54) is 6.92 Å². The third kappa shape index (κ3) is 3.17. The Balaban J connectivity index is 2.02. The van der Waals surface area contributed by atoms with Gasteiger partial charge >= 0.3 is 0 Å². The number of para-hydroxylation sites is 1. The van der Waals surface area contributed by atoms with Crippen molar-refractivity contribution in [3.8, 4) is 28.0 Å². The van der Waals surface area contributed by atoms with Crippen molar-refractivity contribution in [1.82, 2.24) is 0 Å². The summed E-state index contributed by atoms with van der Waals surface area (Å²) >= 11 is 0. The van der Waals surface area contributed by atoms with E-state index in [0.29, 0.717) is 38.8 Å². The molecule has 0 saturated carbocycles. The second-order valence-electron chi connectivity index (χ2n) is 7.63. The average molecular weight is 420 g/mol. The van der Waals surface area contributed by atoms with E-state index in [4.69, 9.17) is 9.15 Å². The first-order chi connectivity index (χ1) is 15.6. The highest BCUT2D eigenvalue weighted by molar-refractivity contribution is 6.13. The molecule has 0 radical (unpaired) electrons. The summed E-state index contributed by atoms with van der Waals surface area (Å²) in [4.78, 5) is 26.2. The molecule has 0 atom stereocenters. The van der Waals surface area contributed by atoms with Gasteiger partial charge in [0.15, 0.2) is 5.78 Å². The summed E-state index contributed by atoms with van der Waals surface area (Å²) in [5.74, 6) is 0.599. The highest BCUT2D eigenvalue weighted by Crippen LogP contribution is 2.41. The quantitative estimate of drug-likeness (QED) is 0.246. The van der Waals surface area contributed by atoms with Gasteiger partial charge in [0.05, 0.1) is 17.9 Å². The number of hydrogen-bond donors (Lipinski definition) is 0. The first kappa shape index (κ1) is 19.8. The van der Waals surface area contributed by atoms with Crippen LogP contribution in [0.3, 0.4) is 0 Å². The van der Waals surface area contributed by atoms with Crippen molar-refractivity contribution >= 4 is 27.7 Å². The summed E-state index contributed by atoms with van der Waals surface area (Å²) in [5, 5.41) is 0.877. The molecule has 0 aliphatic rings. The minimum atomic E-state index is -0.154. The number of Topliss-reactive ketones (excluding diaryl/α,β-unsaturated/α-hetero) is 1. The summed E-state index contributed by atoms with van der Waals surface area (Å²) < 4.78 is 11.6. The number of methoxy groups -OCH3 is 1. The summed E-state index contributed by atoms with van der Waals surface area (Å²) in [6, 6.07) is 26.1. The van der Waals surface area contributed by atoms with Crippen LogP contribution in [0.5, 0.6) is 5.75 Å². The molecule has 4 aromatic carbocycles. The van der Waals surface area contributed by atoms with Crippen molar-refractivity contribution < 1.29 is 13.9 Å². The summed E-state index contributed by atoms with van der Waals surface area (Å²) in [5.41, 5.74) is 4.46. The largest absolute Gasteiger partial charge is 0.497 e. The van der Waals surface area contributed by atoms with Crippen LogP contribution in [0.4, 0.5) is 0 Å². The molecule has 156 valence electrons. The zero-order valence-electron chi connectivity index (χ0n) is 17.7. The monoisotopic (exact) mass is 420 g/mol. The molecule has 0 aliphatic carbocycles. The lowest BCUT2D eigenvalue weighted by atomic mass is 9.87. The molecule has 0 amide bonds. The van der Waals surface area contributed by atoms with Crippen molar-refractivity contribution in [3.05, 3.63) is 101 Å². The van der Waals surface area contributed by atoms with E-state index < -0.39 is 0 Å². The Morgan fingerprint density at radius 2 is 1.44 bits per heavy atom. The maximum absolute atomic E-state index is 13.4. The van der Waals surface area contributed by atoms with Crippen molar-refractivity contribution in [1.29, 1.82) is 0 Å². The number of carbonyl (C=O) groups excluding carboxylic acids is 1. The van der Waals surface area contributed by atoms with Crippen LogP contribution in [0.1, 0.15) is 17.3 Å². The van der Waals surface area contributed by atoms with Crippen molar-refractivity contribution in [2.75, 3.05) is 7.11 Å². The molecule has 0 spiro atoms. The normalized spacial score (nSPS) is 11.1. The van der Waals surface area contributed by atoms with Gasteiger partial charge in [-0.15, -0.1) is 0 Å². The van der Waals surface area contributed by atoms with Crippen LogP contribution in [0.2, 0.25) is 0 Å². The topological polar surface area (TPSA) is 56.5 Å². The van der Waals surface area contributed by atoms with E-state index in [1.54, 1.807) is 31.4 Å². The Labute approximate surface area is 184 Å². The first-order valence-corrected chi connectivity index (χ1v) is 10.3. The molecule has 32 heavy (non-hydrogen) atoms. The van der Waals surface area contributed by atoms with Gasteiger partial charge in [0, 0.05) is 16.7 Å². The Morgan fingerprint density at radius 1 is 0.781 bits per heavy atom. The van der Waals surface area contributed by atoms with Crippen molar-refractivity contribution in [2.45, 2.75) is 6.92 Å². The second kappa shape index (κ2) is 7.82. The minimum absolute atomic E-state index is 0.118. The smallest absolute Gasteiger partial charge is 0.200 e. The predicted octanol–water partition coefficient (Wildman–Crippen LogP) is 6.49. The molecular weight excluding hydrogens is 400 g/mol. The van der Waals surface area contributed by atoms with Gasteiger partial charge in [-0.2, -0.15) is 0 Å². The summed E-state index contributed by atoms with van der Waals surface area (Å²) in [6.07, 6.45) is 0. The van der Waals surface area contributed by atoms with Gasteiger partial charge in [-0.05, 0) is 48.4 Å². The van der Waals surface area contributed by atoms with Gasteiger partial charge in [0.2, 0.25) is 5.43 Å². The maximum Gasteiger partial charge on any atom is 0.200 e. The fourth-order valence-electron chi connectivity index (χ4n) is 4.15. The lowest BCUT2D eigenvalue weighted by Gasteiger charge is -2.17. The summed E-state index contributed by atoms with van der Waals surface area (Å²) in [6.45, 7) is 1.52. The average Bonchev–Trinajstić information content (AvgIpc) is 2.84. The van der Waals surface area contributed by atoms with E-state index in [2.05, 4.69) is 0 Å². The fourth-order valence-corrected chi connectivity index (χ4v) is 4.15. The number of fused-ring (bicyclic) bond motifs is 2. The van der Waals surface area contributed by atoms with Gasteiger partial charge in [0.1, 0.15) is 16.9 Å². The van der Waals surface area contributed by atoms with Crippen LogP contribution < -0.4 is 10.2 Å². The molecule has 4 heteroatoms. The summed E-state index contributed by atoms with van der Waals surface area (Å²) in [7, 11) is 1.61. The molecule has 0 unspecified atom stereocenters. The minimum Gasteiger partial charge on any atom is -0.497 e. The first-order valence-electron chi connectivity index (χ1n) is 10.3. The zero-order valence-corrected chi connectivity index (χ0v) is 17.7. The van der Waals surface area contributed by atoms with E-state index in [1.807, 2.05) is 60.7 Å². The number of benzene rings is 4. The van der Waals surface area contributed by atoms with E-state index in [-0.39, 0.29) is 11.2 Å². The number of ether oxygens (including phenoxy) is 1. The number of ketones is 1. The second-order valence-corrected chi connectivity index (χ2v) is 7.63. The van der Waals surface area contributed by atoms with Crippen LogP contribution in [0, 0.1) is 0 Å². The number of hydrogen-bond acceptors (Lipinski definition) is 4. The Hall–Kier alpha value is -4.18. The van der Waals surface area contributed by atoms with Gasteiger partial charge < -0.3 is 9.15 Å². The van der Waals surface area contributed by atoms with Gasteiger partial charge in [-0.3, -0.25) is 9.59 Å². The SMILES string of the molecule is COc1ccc(-c2c(-c3ccccc3)c(C(C)=O)cc3c(=O)c4ccccc4oc23)cc1. The highest BCUT2D eigenvalue weighted by atomic mass is 16.5. The molecule has 1 heterocycles. The van der Waals surface area contributed by atoms with E-state index >= 15 is 0 Å². The molecule has 1 aromatic heterocycles. The van der Waals surface area contributed by atoms with Crippen LogP contribution in [0.25, 0.3) is 44.2 Å². The van der Waals surface area contributed by atoms with Crippen molar-refractivity contribution in [3.63, 3.8) is 0 Å². The third-order valence-electron chi connectivity index (χ3n) is 5.69. The van der Waals surface area contributed by atoms with Gasteiger partial charge in [-0.25, -0.2) is 0 Å². The molecule has 4 nitrogen and oxygen atoms in total. The van der Waals surface area contributed by atoms with Crippen LogP contribution in [0.15, 0.2) is 94.1 Å². The highest BCUT2D eigenvalue weighted by Gasteiger charge is 2.23. The molecule has 0 N–H and O–H groups in total. The van der Waals surface area contributed by atoms with Gasteiger partial charge in [-0.1, -0.05) is 54.6 Å². The Bertz CT molecular complexity index is 1530. The maximum atomic E-state index is 13.4. The zero-order chi connectivity index (χ0) is 22.2. The lowest BCUT2D eigenvalue weighted by Crippen LogP contribution is -2.07. The number of rotatable bonds is 4. The van der Waals surface area contributed by atoms with Crippen LogP contribution in [-0.4, -0.2) is 12.9 Å². The molecule has 0 aliphatic heterocycles. The number of carbonyl (C=O) groups is 1. The molecular formula is C28H20O4. The molecule has 0 fully saturated rings. The Kier molecular flexibility index (Phi) is 4.83. The lowest BCUT2D eigenvalue weighted by molar-refractivity contribution is 0.101. The Morgan fingerprint density at radius 3 is 2.12 bits per heavy atom. The van der Waals surface area contributed by atoms with E-state index in [0.717, 1.165) is 16.7 Å². The van der Waals surface area contributed by atoms with Crippen LogP contribution >= 0.6 is 0 Å². The molecule has 5 aromatic rings. The molecule has 0 bridgehead atoms. The van der Waals surface area contributed by atoms with E-state index in [9.17, 15) is 9.59 Å². The standard InChI is InChI=1S/C28H20O4/c1-17(29)22-16-23-27(30)21-10-6-7-11-24(21)32-28(23)26(19-12-14-20(31-2)15-13-19)25(22)18-8-4-3-5-9-18/h3-16H,1-2H3.